The number of para-hydroxylation sites is 1. The molecule has 0 aliphatic carbocycles. The molecule has 1 aliphatic heterocycles. The lowest BCUT2D eigenvalue weighted by atomic mass is 9.98. The summed E-state index contributed by atoms with van der Waals surface area (Å²) in [4.78, 5) is 12.9. The van der Waals surface area contributed by atoms with Gasteiger partial charge in [-0.2, -0.15) is 4.31 Å². The zero-order valence-electron chi connectivity index (χ0n) is 16.3. The molecule has 1 amide bonds. The highest BCUT2D eigenvalue weighted by atomic mass is 35.5. The van der Waals surface area contributed by atoms with Crippen LogP contribution < -0.4 is 10.1 Å². The number of hydrogen-bond donors (Lipinski definition) is 1. The summed E-state index contributed by atoms with van der Waals surface area (Å²) >= 11 is 5.85. The smallest absolute Gasteiger partial charge is 0.243 e. The first-order valence-corrected chi connectivity index (χ1v) is 11.4. The van der Waals surface area contributed by atoms with Gasteiger partial charge in [0.25, 0.3) is 0 Å². The van der Waals surface area contributed by atoms with Crippen molar-refractivity contribution in [1.82, 2.24) is 9.62 Å². The van der Waals surface area contributed by atoms with Crippen LogP contribution >= 0.6 is 11.6 Å². The molecule has 1 saturated heterocycles. The van der Waals surface area contributed by atoms with E-state index in [1.807, 2.05) is 37.3 Å². The minimum absolute atomic E-state index is 0.148. The minimum atomic E-state index is -3.65. The summed E-state index contributed by atoms with van der Waals surface area (Å²) in [6.07, 6.45) is 1.30. The summed E-state index contributed by atoms with van der Waals surface area (Å²) in [7, 11) is -3.65. The van der Waals surface area contributed by atoms with Crippen LogP contribution in [-0.4, -0.2) is 44.4 Å². The Morgan fingerprint density at radius 2 is 1.90 bits per heavy atom. The fourth-order valence-corrected chi connectivity index (χ4v) is 4.92. The summed E-state index contributed by atoms with van der Waals surface area (Å²) in [5.74, 6) is 0.210. The number of nitrogens with zero attached hydrogens (tertiary/aromatic N) is 1. The third-order valence-electron chi connectivity index (χ3n) is 4.84. The lowest BCUT2D eigenvalue weighted by Crippen LogP contribution is -2.48. The highest BCUT2D eigenvalue weighted by Gasteiger charge is 2.33. The van der Waals surface area contributed by atoms with Gasteiger partial charge in [0.2, 0.25) is 15.9 Å². The average molecular weight is 437 g/mol. The Bertz CT molecular complexity index is 919. The van der Waals surface area contributed by atoms with Crippen LogP contribution in [0.1, 0.15) is 19.8 Å². The van der Waals surface area contributed by atoms with Crippen LogP contribution in [0.2, 0.25) is 5.02 Å². The van der Waals surface area contributed by atoms with Crippen molar-refractivity contribution in [2.45, 2.75) is 30.7 Å². The van der Waals surface area contributed by atoms with Gasteiger partial charge in [-0.05, 0) is 56.2 Å². The normalized spacial score (nSPS) is 18.8. The van der Waals surface area contributed by atoms with Crippen molar-refractivity contribution in [3.8, 4) is 5.75 Å². The number of carbonyl (C=O) groups is 1. The molecule has 0 bridgehead atoms. The van der Waals surface area contributed by atoms with Gasteiger partial charge in [-0.15, -0.1) is 0 Å². The molecule has 8 heteroatoms. The maximum absolute atomic E-state index is 12.9. The molecule has 1 heterocycles. The number of hydrogen-bond acceptors (Lipinski definition) is 4. The molecule has 1 fully saturated rings. The van der Waals surface area contributed by atoms with Crippen LogP contribution in [0.5, 0.6) is 5.75 Å². The largest absolute Gasteiger partial charge is 0.491 e. The number of amides is 1. The van der Waals surface area contributed by atoms with Crippen LogP contribution in [0.4, 0.5) is 0 Å². The van der Waals surface area contributed by atoms with Crippen LogP contribution in [0.3, 0.4) is 0 Å². The SMILES string of the molecule is C[C@@H](COc1ccccc1)NC(=O)[C@@H]1CCCN(S(=O)(=O)c2ccc(Cl)cc2)C1. The van der Waals surface area contributed by atoms with Crippen molar-refractivity contribution in [3.63, 3.8) is 0 Å². The first-order chi connectivity index (χ1) is 13.9. The third kappa shape index (κ3) is 5.72. The van der Waals surface area contributed by atoms with Crippen LogP contribution in [-0.2, 0) is 14.8 Å². The van der Waals surface area contributed by atoms with Crippen molar-refractivity contribution < 1.29 is 17.9 Å². The molecular formula is C21H25ClN2O4S. The molecule has 0 spiro atoms. The second-order valence-corrected chi connectivity index (χ2v) is 9.56. The van der Waals surface area contributed by atoms with E-state index in [4.69, 9.17) is 16.3 Å². The quantitative estimate of drug-likeness (QED) is 0.722. The lowest BCUT2D eigenvalue weighted by Gasteiger charge is -2.31. The summed E-state index contributed by atoms with van der Waals surface area (Å²) in [6.45, 7) is 2.78. The topological polar surface area (TPSA) is 75.7 Å². The second kappa shape index (κ2) is 9.61. The van der Waals surface area contributed by atoms with E-state index < -0.39 is 10.0 Å². The monoisotopic (exact) mass is 436 g/mol. The van der Waals surface area contributed by atoms with Gasteiger partial charge in [0.05, 0.1) is 16.9 Å². The second-order valence-electron chi connectivity index (χ2n) is 7.19. The number of carbonyl (C=O) groups excluding carboxylic acids is 1. The van der Waals surface area contributed by atoms with Crippen LogP contribution in [0, 0.1) is 5.92 Å². The van der Waals surface area contributed by atoms with Gasteiger partial charge in [0.15, 0.2) is 0 Å². The Balaban J connectivity index is 1.56. The summed E-state index contributed by atoms with van der Waals surface area (Å²) < 4.78 is 32.8. The molecule has 2 aromatic rings. The Hall–Kier alpha value is -2.09. The molecule has 156 valence electrons. The Kier molecular flexibility index (Phi) is 7.16. The highest BCUT2D eigenvalue weighted by molar-refractivity contribution is 7.89. The third-order valence-corrected chi connectivity index (χ3v) is 6.97. The zero-order chi connectivity index (χ0) is 20.9. The van der Waals surface area contributed by atoms with Crippen molar-refractivity contribution in [1.29, 1.82) is 0 Å². The van der Waals surface area contributed by atoms with Crippen molar-refractivity contribution in [2.24, 2.45) is 5.92 Å². The number of halogens is 1. The molecule has 0 unspecified atom stereocenters. The molecule has 0 saturated carbocycles. The van der Waals surface area contributed by atoms with Gasteiger partial charge < -0.3 is 10.1 Å². The van der Waals surface area contributed by atoms with Crippen molar-refractivity contribution >= 4 is 27.5 Å². The summed E-state index contributed by atoms with van der Waals surface area (Å²) in [5, 5.41) is 3.41. The number of piperidine rings is 1. The molecule has 0 aromatic heterocycles. The number of sulfonamides is 1. The molecule has 3 rings (SSSR count). The van der Waals surface area contributed by atoms with Gasteiger partial charge in [0.1, 0.15) is 12.4 Å². The lowest BCUT2D eigenvalue weighted by molar-refractivity contribution is -0.126. The fraction of sp³-hybridized carbons (Fsp3) is 0.381. The van der Waals surface area contributed by atoms with E-state index in [-0.39, 0.29) is 29.3 Å². The first kappa shape index (κ1) is 21.6. The number of ether oxygens (including phenoxy) is 1. The van der Waals surface area contributed by atoms with E-state index >= 15 is 0 Å². The maximum atomic E-state index is 12.9. The number of nitrogens with one attached hydrogen (secondary N) is 1. The van der Waals surface area contributed by atoms with Crippen molar-refractivity contribution in [2.75, 3.05) is 19.7 Å². The van der Waals surface area contributed by atoms with Gasteiger partial charge in [-0.25, -0.2) is 8.42 Å². The van der Waals surface area contributed by atoms with Crippen LogP contribution in [0.15, 0.2) is 59.5 Å². The van der Waals surface area contributed by atoms with E-state index in [0.29, 0.717) is 31.0 Å². The van der Waals surface area contributed by atoms with E-state index in [1.54, 1.807) is 12.1 Å². The molecule has 0 radical (unpaired) electrons. The molecule has 29 heavy (non-hydrogen) atoms. The Morgan fingerprint density at radius 3 is 2.59 bits per heavy atom. The zero-order valence-corrected chi connectivity index (χ0v) is 17.8. The van der Waals surface area contributed by atoms with Gasteiger partial charge in [0, 0.05) is 18.1 Å². The van der Waals surface area contributed by atoms with Crippen LogP contribution in [0.25, 0.3) is 0 Å². The molecular weight excluding hydrogens is 412 g/mol. The molecule has 2 aromatic carbocycles. The van der Waals surface area contributed by atoms with E-state index in [9.17, 15) is 13.2 Å². The predicted molar refractivity (Wildman–Crippen MR) is 112 cm³/mol. The summed E-state index contributed by atoms with van der Waals surface area (Å²) in [5.41, 5.74) is 0. The standard InChI is InChI=1S/C21H25ClN2O4S/c1-16(15-28-19-7-3-2-4-8-19)23-21(25)17-6-5-13-24(14-17)29(26,27)20-11-9-18(22)10-12-20/h2-4,7-12,16-17H,5-6,13-15H2,1H3,(H,23,25)/t16-,17+/m0/s1. The molecule has 2 atom stereocenters. The van der Waals surface area contributed by atoms with Gasteiger partial charge in [-0.3, -0.25) is 4.79 Å². The average Bonchev–Trinajstić information content (AvgIpc) is 2.73. The van der Waals surface area contributed by atoms with Gasteiger partial charge >= 0.3 is 0 Å². The first-order valence-electron chi connectivity index (χ1n) is 9.60. The maximum Gasteiger partial charge on any atom is 0.243 e. The molecule has 1 aliphatic rings. The fourth-order valence-electron chi connectivity index (χ4n) is 3.27. The van der Waals surface area contributed by atoms with Crippen molar-refractivity contribution in [3.05, 3.63) is 59.6 Å². The predicted octanol–water partition coefficient (Wildman–Crippen LogP) is 3.32. The Morgan fingerprint density at radius 1 is 1.21 bits per heavy atom. The van der Waals surface area contributed by atoms with Gasteiger partial charge in [-0.1, -0.05) is 29.8 Å². The van der Waals surface area contributed by atoms with E-state index in [2.05, 4.69) is 5.32 Å². The molecule has 1 N–H and O–H groups in total. The number of benzene rings is 2. The Labute approximate surface area is 176 Å². The highest BCUT2D eigenvalue weighted by Crippen LogP contribution is 2.25. The summed E-state index contributed by atoms with van der Waals surface area (Å²) in [6, 6.07) is 15.3. The minimum Gasteiger partial charge on any atom is -0.491 e. The number of rotatable bonds is 7. The molecule has 6 nitrogen and oxygen atoms in total. The van der Waals surface area contributed by atoms with E-state index in [0.717, 1.165) is 5.75 Å². The van der Waals surface area contributed by atoms with E-state index in [1.165, 1.54) is 16.4 Å².